The monoisotopic (exact) mass is 461 g/mol. The second kappa shape index (κ2) is 10.6. The average molecular weight is 462 g/mol. The van der Waals surface area contributed by atoms with Crippen molar-refractivity contribution >= 4 is 39.6 Å². The zero-order valence-electron chi connectivity index (χ0n) is 16.8. The molecule has 154 valence electrons. The van der Waals surface area contributed by atoms with Crippen molar-refractivity contribution in [3.8, 4) is 11.5 Å². The number of nitrogens with zero attached hydrogens (tertiary/aromatic N) is 1. The van der Waals surface area contributed by atoms with Crippen molar-refractivity contribution in [1.29, 1.82) is 0 Å². The molecule has 0 aliphatic carbocycles. The number of aryl methyl sites for hydroxylation is 1. The van der Waals surface area contributed by atoms with Gasteiger partial charge in [0.15, 0.2) is 11.5 Å². The number of halogens is 1. The van der Waals surface area contributed by atoms with E-state index in [9.17, 15) is 9.59 Å². The molecule has 8 heteroatoms. The van der Waals surface area contributed by atoms with Crippen molar-refractivity contribution in [1.82, 2.24) is 5.43 Å². The van der Waals surface area contributed by atoms with E-state index in [-0.39, 0.29) is 24.7 Å². The first-order valence-corrected chi connectivity index (χ1v) is 9.74. The lowest BCUT2D eigenvalue weighted by molar-refractivity contribution is -0.124. The minimum Gasteiger partial charge on any atom is -0.493 e. The SMILES string of the molecule is COc1cc(C=NNC(=O)CCC(=O)Nc2cccc(C)c2C)cc(Br)c1OC. The van der Waals surface area contributed by atoms with Gasteiger partial charge in [-0.3, -0.25) is 9.59 Å². The summed E-state index contributed by atoms with van der Waals surface area (Å²) in [6.45, 7) is 3.92. The predicted molar refractivity (Wildman–Crippen MR) is 117 cm³/mol. The fourth-order valence-electron chi connectivity index (χ4n) is 2.57. The molecule has 0 unspecified atom stereocenters. The van der Waals surface area contributed by atoms with E-state index >= 15 is 0 Å². The molecular formula is C21H24BrN3O4. The van der Waals surface area contributed by atoms with E-state index in [0.29, 0.717) is 21.5 Å². The van der Waals surface area contributed by atoms with E-state index < -0.39 is 0 Å². The van der Waals surface area contributed by atoms with Crippen LogP contribution < -0.4 is 20.2 Å². The number of carbonyl (C=O) groups excluding carboxylic acids is 2. The maximum absolute atomic E-state index is 12.1. The van der Waals surface area contributed by atoms with Crippen molar-refractivity contribution in [3.63, 3.8) is 0 Å². The van der Waals surface area contributed by atoms with E-state index in [1.54, 1.807) is 19.2 Å². The number of ether oxygens (including phenoxy) is 2. The van der Waals surface area contributed by atoms with Crippen LogP contribution in [-0.2, 0) is 9.59 Å². The summed E-state index contributed by atoms with van der Waals surface area (Å²) in [5.74, 6) is 0.542. The number of nitrogens with one attached hydrogen (secondary N) is 2. The quantitative estimate of drug-likeness (QED) is 0.459. The van der Waals surface area contributed by atoms with Crippen LogP contribution in [0.2, 0.25) is 0 Å². The lowest BCUT2D eigenvalue weighted by atomic mass is 10.1. The van der Waals surface area contributed by atoms with Gasteiger partial charge in [0.1, 0.15) is 0 Å². The second-order valence-electron chi connectivity index (χ2n) is 6.33. The highest BCUT2D eigenvalue weighted by Gasteiger charge is 2.11. The summed E-state index contributed by atoms with van der Waals surface area (Å²) in [5, 5.41) is 6.76. The standard InChI is InChI=1S/C21H24BrN3O4/c1-13-6-5-7-17(14(13)2)24-19(26)8-9-20(27)25-23-12-15-10-16(22)21(29-4)18(11-15)28-3/h5-7,10-12H,8-9H2,1-4H3,(H,24,26)(H,25,27). The molecule has 29 heavy (non-hydrogen) atoms. The Hall–Kier alpha value is -2.87. The first-order chi connectivity index (χ1) is 13.8. The van der Waals surface area contributed by atoms with Gasteiger partial charge in [0.05, 0.1) is 24.9 Å². The summed E-state index contributed by atoms with van der Waals surface area (Å²) in [5.41, 5.74) is 5.99. The molecule has 0 heterocycles. The number of benzene rings is 2. The van der Waals surface area contributed by atoms with Crippen LogP contribution in [-0.4, -0.2) is 32.2 Å². The Balaban J connectivity index is 1.86. The molecule has 2 N–H and O–H groups in total. The van der Waals surface area contributed by atoms with Gasteiger partial charge in [0.25, 0.3) is 0 Å². The normalized spacial score (nSPS) is 10.7. The molecule has 0 radical (unpaired) electrons. The van der Waals surface area contributed by atoms with E-state index in [2.05, 4.69) is 31.8 Å². The first kappa shape index (κ1) is 22.4. The third-order valence-corrected chi connectivity index (χ3v) is 4.91. The van der Waals surface area contributed by atoms with Crippen molar-refractivity contribution in [2.24, 2.45) is 5.10 Å². The van der Waals surface area contributed by atoms with Crippen LogP contribution in [0.15, 0.2) is 39.9 Å². The average Bonchev–Trinajstić information content (AvgIpc) is 2.69. The summed E-state index contributed by atoms with van der Waals surface area (Å²) in [4.78, 5) is 24.0. The molecule has 2 rings (SSSR count). The van der Waals surface area contributed by atoms with Crippen molar-refractivity contribution < 1.29 is 19.1 Å². The largest absolute Gasteiger partial charge is 0.493 e. The molecular weight excluding hydrogens is 438 g/mol. The predicted octanol–water partition coefficient (Wildman–Crippen LogP) is 3.95. The van der Waals surface area contributed by atoms with Crippen LogP contribution in [0.25, 0.3) is 0 Å². The highest BCUT2D eigenvalue weighted by Crippen LogP contribution is 2.35. The summed E-state index contributed by atoms with van der Waals surface area (Å²) in [6.07, 6.45) is 1.58. The Labute approximate surface area is 178 Å². The van der Waals surface area contributed by atoms with Gasteiger partial charge in [-0.2, -0.15) is 5.10 Å². The number of rotatable bonds is 8. The zero-order chi connectivity index (χ0) is 21.4. The van der Waals surface area contributed by atoms with Crippen molar-refractivity contribution in [2.45, 2.75) is 26.7 Å². The number of amides is 2. The highest BCUT2D eigenvalue weighted by atomic mass is 79.9. The molecule has 0 aliphatic rings. The Morgan fingerprint density at radius 2 is 1.83 bits per heavy atom. The van der Waals surface area contributed by atoms with Crippen LogP contribution in [0, 0.1) is 13.8 Å². The maximum atomic E-state index is 12.1. The Kier molecular flexibility index (Phi) is 8.21. The lowest BCUT2D eigenvalue weighted by Gasteiger charge is -2.10. The second-order valence-corrected chi connectivity index (χ2v) is 7.18. The highest BCUT2D eigenvalue weighted by molar-refractivity contribution is 9.10. The summed E-state index contributed by atoms with van der Waals surface area (Å²) in [6, 6.07) is 9.22. The van der Waals surface area contributed by atoms with Crippen LogP contribution in [0.1, 0.15) is 29.5 Å². The molecule has 0 bridgehead atoms. The van der Waals surface area contributed by atoms with Gasteiger partial charge in [0, 0.05) is 18.5 Å². The van der Waals surface area contributed by atoms with E-state index in [0.717, 1.165) is 16.8 Å². The molecule has 2 aromatic rings. The minimum absolute atomic E-state index is 0.0314. The van der Waals surface area contributed by atoms with E-state index in [4.69, 9.17) is 9.47 Å². The molecule has 2 amide bonds. The molecule has 0 aromatic heterocycles. The van der Waals surface area contributed by atoms with Crippen LogP contribution in [0.3, 0.4) is 0 Å². The fraction of sp³-hybridized carbons (Fsp3) is 0.286. The van der Waals surface area contributed by atoms with Crippen molar-refractivity contribution in [2.75, 3.05) is 19.5 Å². The topological polar surface area (TPSA) is 89.0 Å². The molecule has 0 atom stereocenters. The molecule has 0 fully saturated rings. The van der Waals surface area contributed by atoms with E-state index in [1.165, 1.54) is 13.3 Å². The maximum Gasteiger partial charge on any atom is 0.240 e. The summed E-state index contributed by atoms with van der Waals surface area (Å²) < 4.78 is 11.2. The van der Waals surface area contributed by atoms with Crippen LogP contribution >= 0.6 is 15.9 Å². The Morgan fingerprint density at radius 3 is 2.52 bits per heavy atom. The first-order valence-electron chi connectivity index (χ1n) is 8.95. The Bertz CT molecular complexity index is 928. The van der Waals surface area contributed by atoms with E-state index in [1.807, 2.05) is 32.0 Å². The zero-order valence-corrected chi connectivity index (χ0v) is 18.4. The third kappa shape index (κ3) is 6.32. The number of carbonyl (C=O) groups is 2. The van der Waals surface area contributed by atoms with Gasteiger partial charge in [-0.25, -0.2) is 5.43 Å². The third-order valence-electron chi connectivity index (χ3n) is 4.32. The molecule has 0 saturated heterocycles. The van der Waals surface area contributed by atoms with Gasteiger partial charge in [-0.05, 0) is 64.7 Å². The number of methoxy groups -OCH3 is 2. The number of anilines is 1. The fourth-order valence-corrected chi connectivity index (χ4v) is 3.19. The molecule has 0 saturated carbocycles. The number of hydrogen-bond donors (Lipinski definition) is 2. The van der Waals surface area contributed by atoms with Gasteiger partial charge in [-0.15, -0.1) is 0 Å². The summed E-state index contributed by atoms with van der Waals surface area (Å²) >= 11 is 3.40. The van der Waals surface area contributed by atoms with Crippen LogP contribution in [0.5, 0.6) is 11.5 Å². The van der Waals surface area contributed by atoms with Gasteiger partial charge in [0.2, 0.25) is 11.8 Å². The smallest absolute Gasteiger partial charge is 0.240 e. The molecule has 0 aliphatic heterocycles. The molecule has 2 aromatic carbocycles. The van der Waals surface area contributed by atoms with Gasteiger partial charge < -0.3 is 14.8 Å². The van der Waals surface area contributed by atoms with Crippen molar-refractivity contribution in [3.05, 3.63) is 51.5 Å². The minimum atomic E-state index is -0.350. The molecule has 0 spiro atoms. The number of hydrogen-bond acceptors (Lipinski definition) is 5. The lowest BCUT2D eigenvalue weighted by Crippen LogP contribution is -2.21. The Morgan fingerprint density at radius 1 is 1.10 bits per heavy atom. The summed E-state index contributed by atoms with van der Waals surface area (Å²) in [7, 11) is 3.09. The van der Waals surface area contributed by atoms with Gasteiger partial charge in [-0.1, -0.05) is 12.1 Å². The van der Waals surface area contributed by atoms with Gasteiger partial charge >= 0.3 is 0 Å². The number of hydrazone groups is 1. The van der Waals surface area contributed by atoms with Crippen LogP contribution in [0.4, 0.5) is 5.69 Å². The molecule has 7 nitrogen and oxygen atoms in total.